The van der Waals surface area contributed by atoms with Crippen molar-refractivity contribution in [2.45, 2.75) is 56.8 Å². The van der Waals surface area contributed by atoms with Crippen molar-refractivity contribution in [1.82, 2.24) is 10.2 Å². The lowest BCUT2D eigenvalue weighted by Gasteiger charge is -2.33. The van der Waals surface area contributed by atoms with Gasteiger partial charge in [0.25, 0.3) is 0 Å². The van der Waals surface area contributed by atoms with E-state index >= 15 is 0 Å². The first-order valence-electron chi connectivity index (χ1n) is 7.04. The number of carbonyl (C=O) groups is 1. The zero-order chi connectivity index (χ0) is 13.0. The average molecular weight is 256 g/mol. The first kappa shape index (κ1) is 13.8. The Morgan fingerprint density at radius 1 is 1.11 bits per heavy atom. The third kappa shape index (κ3) is 3.67. The van der Waals surface area contributed by atoms with Crippen molar-refractivity contribution in [3.8, 4) is 0 Å². The molecule has 2 rings (SSSR count). The first-order chi connectivity index (χ1) is 8.66. The number of aliphatic hydroxyl groups excluding tert-OH is 2. The monoisotopic (exact) mass is 256 g/mol. The fraction of sp³-hybridized carbons (Fsp3) is 0.923. The maximum absolute atomic E-state index is 11.9. The van der Waals surface area contributed by atoms with E-state index < -0.39 is 12.2 Å². The summed E-state index contributed by atoms with van der Waals surface area (Å²) in [4.78, 5) is 14.0. The van der Waals surface area contributed by atoms with Crippen LogP contribution in [0.1, 0.15) is 38.5 Å². The van der Waals surface area contributed by atoms with E-state index in [0.29, 0.717) is 13.0 Å². The molecule has 0 unspecified atom stereocenters. The Morgan fingerprint density at radius 2 is 1.83 bits per heavy atom. The van der Waals surface area contributed by atoms with Crippen LogP contribution < -0.4 is 5.32 Å². The van der Waals surface area contributed by atoms with Gasteiger partial charge in [-0.1, -0.05) is 6.42 Å². The highest BCUT2D eigenvalue weighted by Crippen LogP contribution is 2.19. The fourth-order valence-corrected chi connectivity index (χ4v) is 2.89. The molecule has 0 spiro atoms. The normalized spacial score (nSPS) is 34.2. The summed E-state index contributed by atoms with van der Waals surface area (Å²) >= 11 is 0. The third-order valence-corrected chi connectivity index (χ3v) is 3.98. The number of carbonyl (C=O) groups excluding carboxylic acids is 1. The number of aliphatic hydroxyl groups is 2. The third-order valence-electron chi connectivity index (χ3n) is 3.98. The fourth-order valence-electron chi connectivity index (χ4n) is 2.89. The molecule has 3 N–H and O–H groups in total. The molecule has 104 valence electrons. The van der Waals surface area contributed by atoms with Gasteiger partial charge in [0.15, 0.2) is 0 Å². The molecule has 1 aliphatic heterocycles. The summed E-state index contributed by atoms with van der Waals surface area (Å²) in [6, 6.07) is -0.286. The molecule has 2 aliphatic rings. The number of rotatable bonds is 3. The van der Waals surface area contributed by atoms with Crippen molar-refractivity contribution in [3.63, 3.8) is 0 Å². The SMILES string of the molecule is O=C(CN1CCCCC1)N[C@@H]1CCC[C@@H](O)[C@@H]1O. The van der Waals surface area contributed by atoms with E-state index in [1.807, 2.05) is 0 Å². The molecule has 0 aromatic heterocycles. The minimum Gasteiger partial charge on any atom is -0.390 e. The summed E-state index contributed by atoms with van der Waals surface area (Å²) < 4.78 is 0. The molecular weight excluding hydrogens is 232 g/mol. The Balaban J connectivity index is 1.75. The summed E-state index contributed by atoms with van der Waals surface area (Å²) in [6.45, 7) is 2.39. The lowest BCUT2D eigenvalue weighted by molar-refractivity contribution is -0.125. The number of likely N-dealkylation sites (tertiary alicyclic amines) is 1. The molecule has 0 aromatic rings. The number of piperidine rings is 1. The van der Waals surface area contributed by atoms with Gasteiger partial charge in [-0.2, -0.15) is 0 Å². The molecule has 1 heterocycles. The van der Waals surface area contributed by atoms with E-state index in [4.69, 9.17) is 0 Å². The molecule has 1 saturated carbocycles. The van der Waals surface area contributed by atoms with Crippen LogP contribution in [0.2, 0.25) is 0 Å². The van der Waals surface area contributed by atoms with Crippen LogP contribution >= 0.6 is 0 Å². The van der Waals surface area contributed by atoms with Gasteiger partial charge in [-0.25, -0.2) is 0 Å². The second kappa shape index (κ2) is 6.50. The van der Waals surface area contributed by atoms with Crippen LogP contribution in [0.25, 0.3) is 0 Å². The first-order valence-corrected chi connectivity index (χ1v) is 7.04. The summed E-state index contributed by atoms with van der Waals surface area (Å²) in [6.07, 6.45) is 4.31. The molecule has 1 saturated heterocycles. The highest BCUT2D eigenvalue weighted by atomic mass is 16.3. The average Bonchev–Trinajstić information content (AvgIpc) is 2.36. The van der Waals surface area contributed by atoms with Crippen LogP contribution in [-0.2, 0) is 4.79 Å². The standard InChI is InChI=1S/C13H24N2O3/c16-11-6-4-5-10(13(11)18)14-12(17)9-15-7-2-1-3-8-15/h10-11,13,16,18H,1-9H2,(H,14,17)/t10-,11-,13-/m1/s1. The van der Waals surface area contributed by atoms with Crippen LogP contribution in [0, 0.1) is 0 Å². The Hall–Kier alpha value is -0.650. The smallest absolute Gasteiger partial charge is 0.234 e. The number of amides is 1. The van der Waals surface area contributed by atoms with Crippen LogP contribution in [0.4, 0.5) is 0 Å². The minimum absolute atomic E-state index is 0.0324. The molecule has 18 heavy (non-hydrogen) atoms. The number of nitrogens with one attached hydrogen (secondary N) is 1. The number of hydrogen-bond donors (Lipinski definition) is 3. The van der Waals surface area contributed by atoms with E-state index in [1.165, 1.54) is 6.42 Å². The molecule has 0 aromatic carbocycles. The second-order valence-electron chi connectivity index (χ2n) is 5.50. The Labute approximate surface area is 108 Å². The van der Waals surface area contributed by atoms with Crippen molar-refractivity contribution >= 4 is 5.91 Å². The van der Waals surface area contributed by atoms with E-state index in [9.17, 15) is 15.0 Å². The topological polar surface area (TPSA) is 72.8 Å². The van der Waals surface area contributed by atoms with Gasteiger partial charge >= 0.3 is 0 Å². The maximum Gasteiger partial charge on any atom is 0.234 e. The van der Waals surface area contributed by atoms with Gasteiger partial charge in [0, 0.05) is 0 Å². The quantitative estimate of drug-likeness (QED) is 0.657. The van der Waals surface area contributed by atoms with Gasteiger partial charge in [0.1, 0.15) is 0 Å². The lowest BCUT2D eigenvalue weighted by Crippen LogP contribution is -2.53. The van der Waals surface area contributed by atoms with E-state index in [-0.39, 0.29) is 11.9 Å². The molecule has 1 aliphatic carbocycles. The summed E-state index contributed by atoms with van der Waals surface area (Å²) in [5.41, 5.74) is 0. The highest BCUT2D eigenvalue weighted by molar-refractivity contribution is 5.78. The van der Waals surface area contributed by atoms with Crippen molar-refractivity contribution in [3.05, 3.63) is 0 Å². The van der Waals surface area contributed by atoms with Gasteiger partial charge in [0.2, 0.25) is 5.91 Å². The van der Waals surface area contributed by atoms with Crippen LogP contribution in [0.15, 0.2) is 0 Å². The van der Waals surface area contributed by atoms with Crippen LogP contribution in [0.3, 0.4) is 0 Å². The van der Waals surface area contributed by atoms with Gasteiger partial charge in [-0.05, 0) is 45.2 Å². The Bertz CT molecular complexity index is 279. The second-order valence-corrected chi connectivity index (χ2v) is 5.50. The van der Waals surface area contributed by atoms with E-state index in [2.05, 4.69) is 10.2 Å². The van der Waals surface area contributed by atoms with Crippen molar-refractivity contribution in [2.75, 3.05) is 19.6 Å². The maximum atomic E-state index is 11.9. The zero-order valence-corrected chi connectivity index (χ0v) is 10.8. The molecule has 0 radical (unpaired) electrons. The highest BCUT2D eigenvalue weighted by Gasteiger charge is 2.31. The van der Waals surface area contributed by atoms with Crippen LogP contribution in [-0.4, -0.2) is 58.9 Å². The van der Waals surface area contributed by atoms with Gasteiger partial charge in [-0.15, -0.1) is 0 Å². The lowest BCUT2D eigenvalue weighted by atomic mass is 9.90. The summed E-state index contributed by atoms with van der Waals surface area (Å²) in [5.74, 6) is -0.0324. The Morgan fingerprint density at radius 3 is 2.56 bits per heavy atom. The predicted octanol–water partition coefficient (Wildman–Crippen LogP) is -0.137. The molecule has 0 bridgehead atoms. The van der Waals surface area contributed by atoms with Crippen molar-refractivity contribution in [2.24, 2.45) is 0 Å². The zero-order valence-electron chi connectivity index (χ0n) is 10.8. The predicted molar refractivity (Wildman–Crippen MR) is 68.1 cm³/mol. The van der Waals surface area contributed by atoms with Gasteiger partial charge in [0.05, 0.1) is 24.8 Å². The van der Waals surface area contributed by atoms with Gasteiger partial charge < -0.3 is 15.5 Å². The van der Waals surface area contributed by atoms with Crippen LogP contribution in [0.5, 0.6) is 0 Å². The minimum atomic E-state index is -0.816. The van der Waals surface area contributed by atoms with Gasteiger partial charge in [-0.3, -0.25) is 9.69 Å². The molecule has 3 atom stereocenters. The molecule has 1 amide bonds. The number of nitrogens with zero attached hydrogens (tertiary/aromatic N) is 1. The van der Waals surface area contributed by atoms with E-state index in [0.717, 1.165) is 38.8 Å². The summed E-state index contributed by atoms with van der Waals surface area (Å²) in [7, 11) is 0. The van der Waals surface area contributed by atoms with Crippen molar-refractivity contribution < 1.29 is 15.0 Å². The largest absolute Gasteiger partial charge is 0.390 e. The summed E-state index contributed by atoms with van der Waals surface area (Å²) in [5, 5.41) is 22.2. The van der Waals surface area contributed by atoms with Crippen molar-refractivity contribution in [1.29, 1.82) is 0 Å². The Kier molecular flexibility index (Phi) is 4.97. The number of hydrogen-bond acceptors (Lipinski definition) is 4. The molecule has 5 nitrogen and oxygen atoms in total. The molecular formula is C13H24N2O3. The molecule has 5 heteroatoms. The molecule has 2 fully saturated rings. The van der Waals surface area contributed by atoms with E-state index in [1.54, 1.807) is 0 Å².